The molecule has 2 N–H and O–H groups in total. The van der Waals surface area contributed by atoms with E-state index in [-0.39, 0.29) is 18.1 Å². The standard InChI is InChI=1S/C14H19NO3/c1-10(16)11-4-6-12(7-5-11)14(2,18-3)9-8-13(15)17/h4-7H,8-9H2,1-3H3,(H2,15,17). The molecule has 1 aromatic carbocycles. The Bertz CT molecular complexity index is 439. The van der Waals surface area contributed by atoms with Crippen molar-refractivity contribution in [1.29, 1.82) is 0 Å². The van der Waals surface area contributed by atoms with Gasteiger partial charge in [0.05, 0.1) is 5.60 Å². The first kappa shape index (κ1) is 14.4. The van der Waals surface area contributed by atoms with Gasteiger partial charge in [-0.1, -0.05) is 24.3 Å². The van der Waals surface area contributed by atoms with Crippen LogP contribution in [-0.2, 0) is 15.1 Å². The Morgan fingerprint density at radius 1 is 1.28 bits per heavy atom. The summed E-state index contributed by atoms with van der Waals surface area (Å²) in [6, 6.07) is 7.22. The molecular weight excluding hydrogens is 230 g/mol. The zero-order valence-electron chi connectivity index (χ0n) is 11.0. The van der Waals surface area contributed by atoms with E-state index in [2.05, 4.69) is 0 Å². The summed E-state index contributed by atoms with van der Waals surface area (Å²) in [4.78, 5) is 22.1. The molecule has 0 bridgehead atoms. The van der Waals surface area contributed by atoms with Crippen LogP contribution in [0, 0.1) is 0 Å². The monoisotopic (exact) mass is 249 g/mol. The highest BCUT2D eigenvalue weighted by atomic mass is 16.5. The Morgan fingerprint density at radius 2 is 1.83 bits per heavy atom. The minimum Gasteiger partial charge on any atom is -0.374 e. The first-order valence-electron chi connectivity index (χ1n) is 5.84. The number of rotatable bonds is 6. The molecule has 18 heavy (non-hydrogen) atoms. The second-order valence-electron chi connectivity index (χ2n) is 4.53. The van der Waals surface area contributed by atoms with E-state index in [9.17, 15) is 9.59 Å². The molecule has 0 aromatic heterocycles. The lowest BCUT2D eigenvalue weighted by Gasteiger charge is -2.28. The van der Waals surface area contributed by atoms with Crippen molar-refractivity contribution in [3.8, 4) is 0 Å². The molecule has 0 aliphatic rings. The third kappa shape index (κ3) is 3.40. The van der Waals surface area contributed by atoms with Gasteiger partial charge in [0.15, 0.2) is 5.78 Å². The molecule has 0 fully saturated rings. The Labute approximate surface area is 107 Å². The highest BCUT2D eigenvalue weighted by Gasteiger charge is 2.26. The van der Waals surface area contributed by atoms with Crippen LogP contribution in [0.3, 0.4) is 0 Å². The topological polar surface area (TPSA) is 69.4 Å². The smallest absolute Gasteiger partial charge is 0.217 e. The third-order valence-electron chi connectivity index (χ3n) is 3.20. The first-order chi connectivity index (χ1) is 8.39. The number of Topliss-reactive ketones (excluding diaryl/α,β-unsaturated/α-hetero) is 1. The van der Waals surface area contributed by atoms with Gasteiger partial charge in [0, 0.05) is 19.1 Å². The fraction of sp³-hybridized carbons (Fsp3) is 0.429. The molecule has 0 aliphatic carbocycles. The minimum atomic E-state index is -0.565. The molecule has 1 unspecified atom stereocenters. The van der Waals surface area contributed by atoms with Gasteiger partial charge in [0.2, 0.25) is 5.91 Å². The maximum atomic E-state index is 11.2. The number of carbonyl (C=O) groups is 2. The molecule has 0 spiro atoms. The molecule has 0 radical (unpaired) electrons. The van der Waals surface area contributed by atoms with E-state index < -0.39 is 5.60 Å². The van der Waals surface area contributed by atoms with Crippen molar-refractivity contribution in [3.63, 3.8) is 0 Å². The van der Waals surface area contributed by atoms with E-state index in [4.69, 9.17) is 10.5 Å². The van der Waals surface area contributed by atoms with Crippen LogP contribution in [0.4, 0.5) is 0 Å². The van der Waals surface area contributed by atoms with Gasteiger partial charge in [-0.15, -0.1) is 0 Å². The number of primary amides is 1. The molecule has 1 amide bonds. The lowest BCUT2D eigenvalue weighted by atomic mass is 9.90. The van der Waals surface area contributed by atoms with Crippen molar-refractivity contribution in [2.45, 2.75) is 32.3 Å². The number of benzene rings is 1. The third-order valence-corrected chi connectivity index (χ3v) is 3.20. The first-order valence-corrected chi connectivity index (χ1v) is 5.84. The average molecular weight is 249 g/mol. The fourth-order valence-corrected chi connectivity index (χ4v) is 1.78. The molecule has 98 valence electrons. The van der Waals surface area contributed by atoms with Gasteiger partial charge >= 0.3 is 0 Å². The van der Waals surface area contributed by atoms with Crippen LogP contribution in [0.2, 0.25) is 0 Å². The Balaban J connectivity index is 2.93. The highest BCUT2D eigenvalue weighted by molar-refractivity contribution is 5.94. The number of hydrogen-bond acceptors (Lipinski definition) is 3. The summed E-state index contributed by atoms with van der Waals surface area (Å²) in [6.07, 6.45) is 0.775. The number of hydrogen-bond donors (Lipinski definition) is 1. The quantitative estimate of drug-likeness (QED) is 0.784. The number of nitrogens with two attached hydrogens (primary N) is 1. The summed E-state index contributed by atoms with van der Waals surface area (Å²) in [7, 11) is 1.60. The Hall–Kier alpha value is -1.68. The van der Waals surface area contributed by atoms with Gasteiger partial charge in [0.25, 0.3) is 0 Å². The molecular formula is C14H19NO3. The summed E-state index contributed by atoms with van der Waals surface area (Å²) < 4.78 is 5.48. The summed E-state index contributed by atoms with van der Waals surface area (Å²) in [5.41, 5.74) is 6.18. The van der Waals surface area contributed by atoms with Gasteiger partial charge in [-0.25, -0.2) is 0 Å². The van der Waals surface area contributed by atoms with Crippen LogP contribution in [0.5, 0.6) is 0 Å². The van der Waals surface area contributed by atoms with E-state index in [1.165, 1.54) is 6.92 Å². The van der Waals surface area contributed by atoms with Crippen molar-refractivity contribution in [1.82, 2.24) is 0 Å². The predicted molar refractivity (Wildman–Crippen MR) is 69.2 cm³/mol. The van der Waals surface area contributed by atoms with Gasteiger partial charge in [0.1, 0.15) is 0 Å². The molecule has 0 heterocycles. The number of carbonyl (C=O) groups excluding carboxylic acids is 2. The maximum absolute atomic E-state index is 11.2. The van der Waals surface area contributed by atoms with Crippen molar-refractivity contribution in [2.24, 2.45) is 5.73 Å². The van der Waals surface area contributed by atoms with Gasteiger partial charge in [-0.05, 0) is 25.8 Å². The molecule has 4 heteroatoms. The van der Waals surface area contributed by atoms with Crippen LogP contribution in [0.15, 0.2) is 24.3 Å². The van der Waals surface area contributed by atoms with E-state index >= 15 is 0 Å². The van der Waals surface area contributed by atoms with Gasteiger partial charge < -0.3 is 10.5 Å². The number of ether oxygens (including phenoxy) is 1. The van der Waals surface area contributed by atoms with E-state index in [1.807, 2.05) is 19.1 Å². The Morgan fingerprint density at radius 3 is 2.22 bits per heavy atom. The molecule has 1 rings (SSSR count). The lowest BCUT2D eigenvalue weighted by Crippen LogP contribution is -2.27. The molecule has 0 saturated carbocycles. The van der Waals surface area contributed by atoms with E-state index in [0.29, 0.717) is 12.0 Å². The van der Waals surface area contributed by atoms with Crippen LogP contribution in [-0.4, -0.2) is 18.8 Å². The van der Waals surface area contributed by atoms with Crippen molar-refractivity contribution < 1.29 is 14.3 Å². The predicted octanol–water partition coefficient (Wildman–Crippen LogP) is 2.02. The van der Waals surface area contributed by atoms with Gasteiger partial charge in [-0.2, -0.15) is 0 Å². The highest BCUT2D eigenvalue weighted by Crippen LogP contribution is 2.29. The molecule has 4 nitrogen and oxygen atoms in total. The molecule has 1 aromatic rings. The molecule has 0 aliphatic heterocycles. The summed E-state index contributed by atoms with van der Waals surface area (Å²) in [5.74, 6) is -0.323. The van der Waals surface area contributed by atoms with Crippen molar-refractivity contribution >= 4 is 11.7 Å². The normalized spacial score (nSPS) is 13.9. The number of ketones is 1. The second-order valence-corrected chi connectivity index (χ2v) is 4.53. The largest absolute Gasteiger partial charge is 0.374 e. The lowest BCUT2D eigenvalue weighted by molar-refractivity contribution is -0.119. The van der Waals surface area contributed by atoms with E-state index in [0.717, 1.165) is 5.56 Å². The number of methoxy groups -OCH3 is 1. The zero-order chi connectivity index (χ0) is 13.8. The van der Waals surface area contributed by atoms with Crippen LogP contribution in [0.25, 0.3) is 0 Å². The summed E-state index contributed by atoms with van der Waals surface area (Å²) in [6.45, 7) is 3.43. The van der Waals surface area contributed by atoms with Crippen LogP contribution in [0.1, 0.15) is 42.6 Å². The Kier molecular flexibility index (Phi) is 4.62. The molecule has 0 saturated heterocycles. The number of amides is 1. The van der Waals surface area contributed by atoms with Crippen LogP contribution < -0.4 is 5.73 Å². The minimum absolute atomic E-state index is 0.0257. The summed E-state index contributed by atoms with van der Waals surface area (Å²) in [5, 5.41) is 0. The molecule has 1 atom stereocenters. The van der Waals surface area contributed by atoms with Crippen LogP contribution >= 0.6 is 0 Å². The summed E-state index contributed by atoms with van der Waals surface area (Å²) >= 11 is 0. The SMILES string of the molecule is COC(C)(CCC(N)=O)c1ccc(C(C)=O)cc1. The van der Waals surface area contributed by atoms with Crippen molar-refractivity contribution in [3.05, 3.63) is 35.4 Å². The fourth-order valence-electron chi connectivity index (χ4n) is 1.78. The van der Waals surface area contributed by atoms with E-state index in [1.54, 1.807) is 19.2 Å². The average Bonchev–Trinajstić information content (AvgIpc) is 2.36. The zero-order valence-corrected chi connectivity index (χ0v) is 11.0. The van der Waals surface area contributed by atoms with Gasteiger partial charge in [-0.3, -0.25) is 9.59 Å². The maximum Gasteiger partial charge on any atom is 0.217 e. The van der Waals surface area contributed by atoms with Crippen molar-refractivity contribution in [2.75, 3.05) is 7.11 Å². The second kappa shape index (κ2) is 5.78.